The van der Waals surface area contributed by atoms with E-state index in [4.69, 9.17) is 0 Å². The van der Waals surface area contributed by atoms with Crippen molar-refractivity contribution < 1.29 is 9.59 Å². The molecule has 2 aliphatic heterocycles. The van der Waals surface area contributed by atoms with Gasteiger partial charge in [-0.1, -0.05) is 12.1 Å². The molecule has 2 amide bonds. The predicted octanol–water partition coefficient (Wildman–Crippen LogP) is 2.09. The first-order valence-corrected chi connectivity index (χ1v) is 10.4. The van der Waals surface area contributed by atoms with Crippen molar-refractivity contribution in [3.05, 3.63) is 52.0 Å². The highest BCUT2D eigenvalue weighted by Crippen LogP contribution is 2.28. The van der Waals surface area contributed by atoms with E-state index in [1.807, 2.05) is 29.6 Å². The molecule has 2 aliphatic rings. The summed E-state index contributed by atoms with van der Waals surface area (Å²) >= 11 is 1.43. The molecule has 0 aliphatic carbocycles. The number of fused-ring (bicyclic) bond motifs is 1. The number of rotatable bonds is 5. The van der Waals surface area contributed by atoms with E-state index in [0.29, 0.717) is 24.5 Å². The molecule has 1 unspecified atom stereocenters. The average molecular weight is 385 g/mol. The van der Waals surface area contributed by atoms with Crippen LogP contribution in [-0.2, 0) is 11.3 Å². The second-order valence-electron chi connectivity index (χ2n) is 7.10. The van der Waals surface area contributed by atoms with Crippen molar-refractivity contribution in [1.29, 1.82) is 0 Å². The van der Waals surface area contributed by atoms with Crippen molar-refractivity contribution in [3.63, 3.8) is 0 Å². The minimum absolute atomic E-state index is 0.0191. The molecule has 7 heteroatoms. The Morgan fingerprint density at radius 1 is 1.22 bits per heavy atom. The highest BCUT2D eigenvalue weighted by Gasteiger charge is 2.34. The van der Waals surface area contributed by atoms with Gasteiger partial charge in [-0.05, 0) is 49.0 Å². The number of likely N-dealkylation sites (tertiary alicyclic amines) is 1. The molecule has 0 aromatic carbocycles. The summed E-state index contributed by atoms with van der Waals surface area (Å²) in [6.07, 6.45) is 4.21. The minimum Gasteiger partial charge on any atom is -0.354 e. The number of amides is 2. The molecule has 1 N–H and O–H groups in total. The minimum atomic E-state index is -0.419. The SMILES string of the molecule is O=C(NCCN1CCCC1)C1CN(C(=O)c2cccs2)Cc2cccnc21. The summed E-state index contributed by atoms with van der Waals surface area (Å²) in [6.45, 7) is 4.62. The number of pyridine rings is 1. The summed E-state index contributed by atoms with van der Waals surface area (Å²) in [6, 6.07) is 7.53. The van der Waals surface area contributed by atoms with Gasteiger partial charge in [-0.15, -0.1) is 11.3 Å². The molecule has 2 aromatic rings. The monoisotopic (exact) mass is 384 g/mol. The van der Waals surface area contributed by atoms with Gasteiger partial charge in [0.15, 0.2) is 0 Å². The summed E-state index contributed by atoms with van der Waals surface area (Å²) in [5.41, 5.74) is 1.75. The molecule has 0 spiro atoms. The van der Waals surface area contributed by atoms with Gasteiger partial charge in [0.2, 0.25) is 5.91 Å². The molecular formula is C20H24N4O2S. The first-order valence-electron chi connectivity index (χ1n) is 9.49. The van der Waals surface area contributed by atoms with Gasteiger partial charge < -0.3 is 15.1 Å². The Balaban J connectivity index is 1.46. The van der Waals surface area contributed by atoms with Crippen molar-refractivity contribution >= 4 is 23.2 Å². The van der Waals surface area contributed by atoms with Crippen molar-refractivity contribution in [2.24, 2.45) is 0 Å². The molecule has 2 aromatic heterocycles. The second-order valence-corrected chi connectivity index (χ2v) is 8.05. The zero-order chi connectivity index (χ0) is 18.6. The van der Waals surface area contributed by atoms with Crippen LogP contribution in [0.25, 0.3) is 0 Å². The van der Waals surface area contributed by atoms with Crippen LogP contribution in [0.15, 0.2) is 35.8 Å². The Labute approximate surface area is 163 Å². The van der Waals surface area contributed by atoms with E-state index >= 15 is 0 Å². The number of hydrogen-bond acceptors (Lipinski definition) is 5. The first kappa shape index (κ1) is 18.1. The van der Waals surface area contributed by atoms with Gasteiger partial charge in [0.25, 0.3) is 5.91 Å². The van der Waals surface area contributed by atoms with Crippen LogP contribution >= 0.6 is 11.3 Å². The fourth-order valence-corrected chi connectivity index (χ4v) is 4.55. The molecule has 142 valence electrons. The van der Waals surface area contributed by atoms with Crippen molar-refractivity contribution in [3.8, 4) is 0 Å². The largest absolute Gasteiger partial charge is 0.354 e. The first-order chi connectivity index (χ1) is 13.2. The zero-order valence-corrected chi connectivity index (χ0v) is 16.1. The highest BCUT2D eigenvalue weighted by molar-refractivity contribution is 7.12. The number of nitrogens with one attached hydrogen (secondary N) is 1. The van der Waals surface area contributed by atoms with Crippen molar-refractivity contribution in [1.82, 2.24) is 20.1 Å². The summed E-state index contributed by atoms with van der Waals surface area (Å²) in [4.78, 5) is 35.0. The standard InChI is InChI=1S/C20H24N4O2S/c25-19(22-8-11-23-9-1-2-10-23)16-14-24(20(26)17-6-4-12-27-17)13-15-5-3-7-21-18(15)16/h3-7,12,16H,1-2,8-11,13-14H2,(H,22,25). The second kappa shape index (κ2) is 8.19. The average Bonchev–Trinajstić information content (AvgIpc) is 3.40. The summed E-state index contributed by atoms with van der Waals surface area (Å²) in [5, 5.41) is 4.96. The van der Waals surface area contributed by atoms with Gasteiger partial charge in [0.1, 0.15) is 0 Å². The molecular weight excluding hydrogens is 360 g/mol. The lowest BCUT2D eigenvalue weighted by Crippen LogP contribution is -2.45. The van der Waals surface area contributed by atoms with Gasteiger partial charge in [-0.2, -0.15) is 0 Å². The third-order valence-corrected chi connectivity index (χ3v) is 6.14. The van der Waals surface area contributed by atoms with E-state index in [-0.39, 0.29) is 11.8 Å². The van der Waals surface area contributed by atoms with Crippen LogP contribution in [0.5, 0.6) is 0 Å². The third-order valence-electron chi connectivity index (χ3n) is 5.28. The Morgan fingerprint density at radius 2 is 2.07 bits per heavy atom. The highest BCUT2D eigenvalue weighted by atomic mass is 32.1. The predicted molar refractivity (Wildman–Crippen MR) is 105 cm³/mol. The molecule has 1 atom stereocenters. The Bertz CT molecular complexity index is 802. The van der Waals surface area contributed by atoms with Crippen LogP contribution < -0.4 is 5.32 Å². The lowest BCUT2D eigenvalue weighted by molar-refractivity contribution is -0.123. The summed E-state index contributed by atoms with van der Waals surface area (Å²) in [7, 11) is 0. The van der Waals surface area contributed by atoms with Gasteiger partial charge in [0, 0.05) is 32.4 Å². The topological polar surface area (TPSA) is 65.5 Å². The van der Waals surface area contributed by atoms with Crippen molar-refractivity contribution in [2.45, 2.75) is 25.3 Å². The van der Waals surface area contributed by atoms with E-state index in [1.54, 1.807) is 11.1 Å². The zero-order valence-electron chi connectivity index (χ0n) is 15.3. The van der Waals surface area contributed by atoms with Gasteiger partial charge in [-0.3, -0.25) is 14.6 Å². The fraction of sp³-hybridized carbons (Fsp3) is 0.450. The number of carbonyl (C=O) groups is 2. The maximum Gasteiger partial charge on any atom is 0.264 e. The van der Waals surface area contributed by atoms with Crippen LogP contribution in [0.3, 0.4) is 0 Å². The smallest absolute Gasteiger partial charge is 0.264 e. The Kier molecular flexibility index (Phi) is 5.50. The maximum atomic E-state index is 12.9. The van der Waals surface area contributed by atoms with E-state index in [0.717, 1.165) is 30.9 Å². The lowest BCUT2D eigenvalue weighted by Gasteiger charge is -2.33. The molecule has 1 fully saturated rings. The fourth-order valence-electron chi connectivity index (χ4n) is 3.86. The molecule has 27 heavy (non-hydrogen) atoms. The van der Waals surface area contributed by atoms with E-state index in [1.165, 1.54) is 24.2 Å². The summed E-state index contributed by atoms with van der Waals surface area (Å²) < 4.78 is 0. The third kappa shape index (κ3) is 4.04. The van der Waals surface area contributed by atoms with Gasteiger partial charge in [0.05, 0.1) is 16.5 Å². The quantitative estimate of drug-likeness (QED) is 0.857. The normalized spacial score (nSPS) is 19.7. The maximum absolute atomic E-state index is 12.9. The molecule has 0 radical (unpaired) electrons. The summed E-state index contributed by atoms with van der Waals surface area (Å²) in [5.74, 6) is -0.482. The Hall–Kier alpha value is -2.25. The van der Waals surface area contributed by atoms with E-state index in [2.05, 4.69) is 15.2 Å². The van der Waals surface area contributed by atoms with Crippen LogP contribution in [0, 0.1) is 0 Å². The van der Waals surface area contributed by atoms with Crippen LogP contribution in [0.2, 0.25) is 0 Å². The number of aromatic nitrogens is 1. The van der Waals surface area contributed by atoms with Crippen molar-refractivity contribution in [2.75, 3.05) is 32.7 Å². The van der Waals surface area contributed by atoms with E-state index in [9.17, 15) is 9.59 Å². The lowest BCUT2D eigenvalue weighted by atomic mass is 9.93. The van der Waals surface area contributed by atoms with Crippen LogP contribution in [0.1, 0.15) is 39.7 Å². The molecule has 4 heterocycles. The van der Waals surface area contributed by atoms with Gasteiger partial charge in [-0.25, -0.2) is 0 Å². The molecule has 0 bridgehead atoms. The molecule has 4 rings (SSSR count). The van der Waals surface area contributed by atoms with Crippen LogP contribution in [-0.4, -0.2) is 59.3 Å². The van der Waals surface area contributed by atoms with Gasteiger partial charge >= 0.3 is 0 Å². The van der Waals surface area contributed by atoms with Crippen LogP contribution in [0.4, 0.5) is 0 Å². The molecule has 1 saturated heterocycles. The number of nitrogens with zero attached hydrogens (tertiary/aromatic N) is 3. The Morgan fingerprint density at radius 3 is 2.85 bits per heavy atom. The number of thiophene rings is 1. The number of carbonyl (C=O) groups excluding carboxylic acids is 2. The molecule has 0 saturated carbocycles. The molecule has 6 nitrogen and oxygen atoms in total. The number of hydrogen-bond donors (Lipinski definition) is 1. The van der Waals surface area contributed by atoms with E-state index < -0.39 is 5.92 Å².